The molecule has 0 aliphatic carbocycles. The summed E-state index contributed by atoms with van der Waals surface area (Å²) in [6.45, 7) is 7.46. The topological polar surface area (TPSA) is 12.0 Å². The molecule has 0 aliphatic heterocycles. The third-order valence-electron chi connectivity index (χ3n) is 4.00. The Bertz CT molecular complexity index is 555. The first-order chi connectivity index (χ1) is 10.2. The molecule has 0 aromatic heterocycles. The molecule has 21 heavy (non-hydrogen) atoms. The highest BCUT2D eigenvalue weighted by molar-refractivity contribution is 5.46. The van der Waals surface area contributed by atoms with Crippen LogP contribution in [0.4, 0.5) is 5.69 Å². The molecule has 0 spiro atoms. The summed E-state index contributed by atoms with van der Waals surface area (Å²) in [5, 5.41) is 3.52. The van der Waals surface area contributed by atoms with E-state index in [1.54, 1.807) is 0 Å². The number of anilines is 1. The van der Waals surface area contributed by atoms with Gasteiger partial charge in [0.2, 0.25) is 0 Å². The minimum absolute atomic E-state index is 0.890. The third-order valence-corrected chi connectivity index (χ3v) is 4.00. The van der Waals surface area contributed by atoms with Crippen LogP contribution in [0.5, 0.6) is 0 Å². The summed E-state index contributed by atoms with van der Waals surface area (Å²) in [4.78, 5) is 0. The number of nitrogens with one attached hydrogen (secondary N) is 1. The standard InChI is InChI=1S/C20H27N/c1-4-5-6-7-18-9-12-20(13-10-18)21-15-19-11-8-16(2)14-17(19)3/h8-14,21H,4-7,15H2,1-3H3. The SMILES string of the molecule is CCCCCc1ccc(NCc2ccc(C)cc2C)cc1. The van der Waals surface area contributed by atoms with Gasteiger partial charge in [0, 0.05) is 12.2 Å². The Balaban J connectivity index is 1.88. The fourth-order valence-electron chi connectivity index (χ4n) is 2.61. The van der Waals surface area contributed by atoms with Gasteiger partial charge in [-0.2, -0.15) is 0 Å². The van der Waals surface area contributed by atoms with Crippen LogP contribution in [0.3, 0.4) is 0 Å². The Hall–Kier alpha value is -1.76. The zero-order chi connectivity index (χ0) is 15.1. The molecule has 0 saturated carbocycles. The summed E-state index contributed by atoms with van der Waals surface area (Å²) in [5.74, 6) is 0. The van der Waals surface area contributed by atoms with Crippen LogP contribution in [0.25, 0.3) is 0 Å². The smallest absolute Gasteiger partial charge is 0.0403 e. The lowest BCUT2D eigenvalue weighted by Gasteiger charge is -2.10. The van der Waals surface area contributed by atoms with E-state index < -0.39 is 0 Å². The van der Waals surface area contributed by atoms with Gasteiger partial charge in [0.25, 0.3) is 0 Å². The molecule has 0 bridgehead atoms. The van der Waals surface area contributed by atoms with E-state index in [9.17, 15) is 0 Å². The van der Waals surface area contributed by atoms with Gasteiger partial charge in [-0.25, -0.2) is 0 Å². The van der Waals surface area contributed by atoms with Gasteiger partial charge < -0.3 is 5.32 Å². The lowest BCUT2D eigenvalue weighted by atomic mass is 10.1. The fraction of sp³-hybridized carbons (Fsp3) is 0.400. The second-order valence-electron chi connectivity index (χ2n) is 5.94. The van der Waals surface area contributed by atoms with E-state index in [-0.39, 0.29) is 0 Å². The van der Waals surface area contributed by atoms with Crippen LogP contribution < -0.4 is 5.32 Å². The summed E-state index contributed by atoms with van der Waals surface area (Å²) in [7, 11) is 0. The summed E-state index contributed by atoms with van der Waals surface area (Å²) < 4.78 is 0. The van der Waals surface area contributed by atoms with Crippen molar-refractivity contribution in [2.45, 2.75) is 53.0 Å². The van der Waals surface area contributed by atoms with Gasteiger partial charge >= 0.3 is 0 Å². The van der Waals surface area contributed by atoms with Crippen molar-refractivity contribution in [2.24, 2.45) is 0 Å². The molecule has 1 N–H and O–H groups in total. The van der Waals surface area contributed by atoms with Gasteiger partial charge in [0.15, 0.2) is 0 Å². The number of benzene rings is 2. The Morgan fingerprint density at radius 3 is 2.33 bits per heavy atom. The summed E-state index contributed by atoms with van der Waals surface area (Å²) in [6.07, 6.45) is 5.11. The predicted molar refractivity (Wildman–Crippen MR) is 92.9 cm³/mol. The molecule has 0 amide bonds. The molecule has 0 atom stereocenters. The molecule has 2 aromatic carbocycles. The van der Waals surface area contributed by atoms with E-state index in [1.165, 1.54) is 53.6 Å². The van der Waals surface area contributed by atoms with Gasteiger partial charge in [0.1, 0.15) is 0 Å². The van der Waals surface area contributed by atoms with Crippen molar-refractivity contribution in [3.8, 4) is 0 Å². The first kappa shape index (κ1) is 15.6. The molecule has 1 heteroatoms. The Labute approximate surface area is 129 Å². The second-order valence-corrected chi connectivity index (χ2v) is 5.94. The Morgan fingerprint density at radius 2 is 1.67 bits per heavy atom. The Kier molecular flexibility index (Phi) is 5.86. The average Bonchev–Trinajstić information content (AvgIpc) is 2.48. The van der Waals surface area contributed by atoms with Crippen molar-refractivity contribution in [2.75, 3.05) is 5.32 Å². The third kappa shape index (κ3) is 4.93. The average molecular weight is 281 g/mol. The van der Waals surface area contributed by atoms with E-state index in [0.29, 0.717) is 0 Å². The quantitative estimate of drug-likeness (QED) is 0.647. The molecule has 1 nitrogen and oxygen atoms in total. The molecule has 112 valence electrons. The van der Waals surface area contributed by atoms with Gasteiger partial charge in [0.05, 0.1) is 0 Å². The van der Waals surface area contributed by atoms with Crippen LogP contribution in [-0.4, -0.2) is 0 Å². The van der Waals surface area contributed by atoms with Crippen molar-refractivity contribution in [1.82, 2.24) is 0 Å². The molecule has 0 saturated heterocycles. The highest BCUT2D eigenvalue weighted by Gasteiger charge is 1.99. The summed E-state index contributed by atoms with van der Waals surface area (Å²) >= 11 is 0. The lowest BCUT2D eigenvalue weighted by molar-refractivity contribution is 0.717. The summed E-state index contributed by atoms with van der Waals surface area (Å²) in [5.41, 5.74) is 6.70. The number of hydrogen-bond donors (Lipinski definition) is 1. The highest BCUT2D eigenvalue weighted by Crippen LogP contribution is 2.15. The molecule has 0 radical (unpaired) electrons. The van der Waals surface area contributed by atoms with Gasteiger partial charge in [-0.1, -0.05) is 55.7 Å². The summed E-state index contributed by atoms with van der Waals surface area (Å²) in [6, 6.07) is 15.5. The van der Waals surface area contributed by atoms with Crippen molar-refractivity contribution in [3.05, 3.63) is 64.7 Å². The normalized spacial score (nSPS) is 10.6. The monoisotopic (exact) mass is 281 g/mol. The van der Waals surface area contributed by atoms with Crippen LogP contribution in [0, 0.1) is 13.8 Å². The molecule has 0 fully saturated rings. The van der Waals surface area contributed by atoms with Crippen LogP contribution >= 0.6 is 0 Å². The number of hydrogen-bond acceptors (Lipinski definition) is 1. The minimum atomic E-state index is 0.890. The minimum Gasteiger partial charge on any atom is -0.381 e. The fourth-order valence-corrected chi connectivity index (χ4v) is 2.61. The van der Waals surface area contributed by atoms with Gasteiger partial charge in [-0.05, 0) is 55.5 Å². The van der Waals surface area contributed by atoms with Crippen molar-refractivity contribution in [3.63, 3.8) is 0 Å². The largest absolute Gasteiger partial charge is 0.381 e. The maximum atomic E-state index is 3.52. The predicted octanol–water partition coefficient (Wildman–Crippen LogP) is 5.65. The van der Waals surface area contributed by atoms with Crippen LogP contribution in [-0.2, 0) is 13.0 Å². The molecule has 2 rings (SSSR count). The van der Waals surface area contributed by atoms with Crippen LogP contribution in [0.2, 0.25) is 0 Å². The second kappa shape index (κ2) is 7.87. The zero-order valence-corrected chi connectivity index (χ0v) is 13.6. The number of rotatable bonds is 7. The van der Waals surface area contributed by atoms with E-state index in [1.807, 2.05) is 0 Å². The number of aryl methyl sites for hydroxylation is 3. The van der Waals surface area contributed by atoms with Crippen molar-refractivity contribution < 1.29 is 0 Å². The lowest BCUT2D eigenvalue weighted by Crippen LogP contribution is -2.01. The molecule has 2 aromatic rings. The zero-order valence-electron chi connectivity index (χ0n) is 13.6. The van der Waals surface area contributed by atoms with Gasteiger partial charge in [-0.3, -0.25) is 0 Å². The van der Waals surface area contributed by atoms with Crippen molar-refractivity contribution >= 4 is 5.69 Å². The highest BCUT2D eigenvalue weighted by atomic mass is 14.9. The maximum Gasteiger partial charge on any atom is 0.0403 e. The number of unbranched alkanes of at least 4 members (excludes halogenated alkanes) is 2. The van der Waals surface area contributed by atoms with E-state index in [2.05, 4.69) is 68.6 Å². The van der Waals surface area contributed by atoms with Gasteiger partial charge in [-0.15, -0.1) is 0 Å². The van der Waals surface area contributed by atoms with Crippen molar-refractivity contribution in [1.29, 1.82) is 0 Å². The Morgan fingerprint density at radius 1 is 0.905 bits per heavy atom. The molecule has 0 aliphatic rings. The van der Waals surface area contributed by atoms with E-state index in [4.69, 9.17) is 0 Å². The first-order valence-corrected chi connectivity index (χ1v) is 8.08. The molecular formula is C20H27N. The molecular weight excluding hydrogens is 254 g/mol. The van der Waals surface area contributed by atoms with E-state index in [0.717, 1.165) is 6.54 Å². The maximum absolute atomic E-state index is 3.52. The van der Waals surface area contributed by atoms with E-state index >= 15 is 0 Å². The first-order valence-electron chi connectivity index (χ1n) is 8.08. The molecule has 0 unspecified atom stereocenters. The molecule has 0 heterocycles. The van der Waals surface area contributed by atoms with Crippen LogP contribution in [0.15, 0.2) is 42.5 Å². The van der Waals surface area contributed by atoms with Crippen LogP contribution in [0.1, 0.15) is 48.4 Å².